The van der Waals surface area contributed by atoms with E-state index in [0.29, 0.717) is 13.1 Å². The molecule has 1 saturated heterocycles. The van der Waals surface area contributed by atoms with Gasteiger partial charge < -0.3 is 25.2 Å². The van der Waals surface area contributed by atoms with Crippen molar-refractivity contribution in [2.45, 2.75) is 12.7 Å². The van der Waals surface area contributed by atoms with E-state index in [2.05, 4.69) is 15.4 Å². The number of hydrogen-bond acceptors (Lipinski definition) is 5. The first-order chi connectivity index (χ1) is 10.5. The van der Waals surface area contributed by atoms with Gasteiger partial charge in [0.15, 0.2) is 11.5 Å². The largest absolute Gasteiger partial charge is 0.493 e. The van der Waals surface area contributed by atoms with Crippen LogP contribution in [-0.2, 0) is 0 Å². The molecule has 1 aliphatic heterocycles. The Kier molecular flexibility index (Phi) is 5.51. The van der Waals surface area contributed by atoms with Crippen LogP contribution in [0.15, 0.2) is 18.2 Å². The van der Waals surface area contributed by atoms with Gasteiger partial charge >= 0.3 is 6.61 Å². The highest BCUT2D eigenvalue weighted by atomic mass is 19.3. The fraction of sp³-hybridized carbons (Fsp3) is 0.500. The lowest BCUT2D eigenvalue weighted by atomic mass is 10.1. The highest BCUT2D eigenvalue weighted by Crippen LogP contribution is 2.32. The van der Waals surface area contributed by atoms with E-state index in [0.717, 1.165) is 0 Å². The van der Waals surface area contributed by atoms with E-state index in [1.54, 1.807) is 0 Å². The normalized spacial score (nSPS) is 21.0. The minimum atomic E-state index is -3.07. The number of halogens is 2. The number of benzene rings is 1. The van der Waals surface area contributed by atoms with Crippen LogP contribution >= 0.6 is 0 Å². The number of aliphatic hydroxyl groups excluding tert-OH is 1. The first-order valence-corrected chi connectivity index (χ1v) is 6.81. The average Bonchev–Trinajstić information content (AvgIpc) is 2.89. The number of methoxy groups -OCH3 is 1. The molecule has 2 atom stereocenters. The second-order valence-corrected chi connectivity index (χ2v) is 4.91. The zero-order valence-corrected chi connectivity index (χ0v) is 12.0. The van der Waals surface area contributed by atoms with Gasteiger partial charge in [0.05, 0.1) is 18.8 Å². The third kappa shape index (κ3) is 3.83. The van der Waals surface area contributed by atoms with Crippen molar-refractivity contribution in [3.05, 3.63) is 23.8 Å². The van der Waals surface area contributed by atoms with Crippen LogP contribution in [0.2, 0.25) is 0 Å². The van der Waals surface area contributed by atoms with Crippen molar-refractivity contribution in [1.82, 2.24) is 10.6 Å². The Bertz CT molecular complexity index is 528. The molecule has 0 bridgehead atoms. The second kappa shape index (κ2) is 7.37. The minimum absolute atomic E-state index is 0.0416. The molecule has 1 aromatic carbocycles. The molecule has 0 radical (unpaired) electrons. The number of amides is 1. The highest BCUT2D eigenvalue weighted by molar-refractivity contribution is 5.97. The zero-order valence-electron chi connectivity index (χ0n) is 12.0. The molecule has 6 nitrogen and oxygen atoms in total. The standard InChI is InChI=1S/C14H18F2N2O4/c1-21-11-4-2-3-9(12(11)22-14(15)16)13(20)18-6-8-5-17-7-10(8)19/h2-4,8,10,14,17,19H,5-7H2,1H3,(H,18,20). The maximum absolute atomic E-state index is 12.5. The van der Waals surface area contributed by atoms with Crippen molar-refractivity contribution >= 4 is 5.91 Å². The molecule has 1 amide bonds. The summed E-state index contributed by atoms with van der Waals surface area (Å²) in [4.78, 5) is 12.2. The lowest BCUT2D eigenvalue weighted by molar-refractivity contribution is -0.0515. The Morgan fingerprint density at radius 2 is 2.27 bits per heavy atom. The van der Waals surface area contributed by atoms with Crippen LogP contribution < -0.4 is 20.1 Å². The Balaban J connectivity index is 2.10. The molecule has 0 aliphatic carbocycles. The first kappa shape index (κ1) is 16.4. The van der Waals surface area contributed by atoms with Gasteiger partial charge in [-0.2, -0.15) is 8.78 Å². The predicted molar refractivity (Wildman–Crippen MR) is 74.3 cm³/mol. The van der Waals surface area contributed by atoms with E-state index in [-0.39, 0.29) is 29.5 Å². The van der Waals surface area contributed by atoms with Crippen LogP contribution in [0.1, 0.15) is 10.4 Å². The molecule has 1 aliphatic rings. The van der Waals surface area contributed by atoms with Crippen LogP contribution in [0, 0.1) is 5.92 Å². The van der Waals surface area contributed by atoms with E-state index in [4.69, 9.17) is 4.74 Å². The van der Waals surface area contributed by atoms with Crippen LogP contribution in [0.25, 0.3) is 0 Å². The Morgan fingerprint density at radius 1 is 1.50 bits per heavy atom. The van der Waals surface area contributed by atoms with Gasteiger partial charge in [-0.25, -0.2) is 0 Å². The zero-order chi connectivity index (χ0) is 16.1. The molecule has 2 rings (SSSR count). The van der Waals surface area contributed by atoms with Gasteiger partial charge in [0.1, 0.15) is 0 Å². The summed E-state index contributed by atoms with van der Waals surface area (Å²) in [6.45, 7) is -1.78. The van der Waals surface area contributed by atoms with E-state index in [9.17, 15) is 18.7 Å². The van der Waals surface area contributed by atoms with Crippen molar-refractivity contribution in [2.24, 2.45) is 5.92 Å². The minimum Gasteiger partial charge on any atom is -0.493 e. The van der Waals surface area contributed by atoms with Crippen molar-refractivity contribution in [2.75, 3.05) is 26.7 Å². The van der Waals surface area contributed by atoms with Crippen molar-refractivity contribution in [1.29, 1.82) is 0 Å². The van der Waals surface area contributed by atoms with Crippen LogP contribution in [0.3, 0.4) is 0 Å². The number of carbonyl (C=O) groups is 1. The number of para-hydroxylation sites is 1. The monoisotopic (exact) mass is 316 g/mol. The molecule has 0 aromatic heterocycles. The predicted octanol–water partition coefficient (Wildman–Crippen LogP) is 0.607. The average molecular weight is 316 g/mol. The highest BCUT2D eigenvalue weighted by Gasteiger charge is 2.26. The summed E-state index contributed by atoms with van der Waals surface area (Å²) in [6.07, 6.45) is -0.539. The number of carbonyl (C=O) groups excluding carboxylic acids is 1. The van der Waals surface area contributed by atoms with E-state index >= 15 is 0 Å². The molecule has 3 N–H and O–H groups in total. The maximum Gasteiger partial charge on any atom is 0.387 e. The van der Waals surface area contributed by atoms with Gasteiger partial charge in [0.2, 0.25) is 0 Å². The third-order valence-corrected chi connectivity index (χ3v) is 3.48. The molecule has 1 fully saturated rings. The van der Waals surface area contributed by atoms with Gasteiger partial charge in [-0.1, -0.05) is 6.07 Å². The number of alkyl halides is 2. The van der Waals surface area contributed by atoms with E-state index in [1.807, 2.05) is 0 Å². The van der Waals surface area contributed by atoms with Crippen LogP contribution in [-0.4, -0.2) is 50.5 Å². The van der Waals surface area contributed by atoms with Crippen molar-refractivity contribution in [3.8, 4) is 11.5 Å². The van der Waals surface area contributed by atoms with Crippen molar-refractivity contribution in [3.63, 3.8) is 0 Å². The Labute approximate surface area is 126 Å². The molecule has 1 heterocycles. The molecule has 0 spiro atoms. The van der Waals surface area contributed by atoms with E-state index < -0.39 is 18.6 Å². The van der Waals surface area contributed by atoms with Gasteiger partial charge in [0, 0.05) is 25.6 Å². The number of ether oxygens (including phenoxy) is 2. The molecule has 1 aromatic rings. The summed E-state index contributed by atoms with van der Waals surface area (Å²) in [5, 5.41) is 15.3. The fourth-order valence-corrected chi connectivity index (χ4v) is 2.31. The Morgan fingerprint density at radius 3 is 2.86 bits per heavy atom. The second-order valence-electron chi connectivity index (χ2n) is 4.91. The summed E-state index contributed by atoms with van der Waals surface area (Å²) in [5.74, 6) is -0.930. The number of rotatable bonds is 6. The summed E-state index contributed by atoms with van der Waals surface area (Å²) < 4.78 is 34.4. The van der Waals surface area contributed by atoms with Crippen molar-refractivity contribution < 1.29 is 28.2 Å². The van der Waals surface area contributed by atoms with Gasteiger partial charge in [-0.3, -0.25) is 4.79 Å². The molecule has 2 unspecified atom stereocenters. The molecular weight excluding hydrogens is 298 g/mol. The SMILES string of the molecule is COc1cccc(C(=O)NCC2CNCC2O)c1OC(F)F. The topological polar surface area (TPSA) is 79.8 Å². The summed E-state index contributed by atoms with van der Waals surface area (Å²) in [6, 6.07) is 4.32. The number of β-amino-alcohol motifs (C(OH)–C–C–N with tert-alkyl or cyclic N) is 1. The molecule has 8 heteroatoms. The van der Waals surface area contributed by atoms with Gasteiger partial charge in [-0.05, 0) is 12.1 Å². The quantitative estimate of drug-likeness (QED) is 0.716. The van der Waals surface area contributed by atoms with Gasteiger partial charge in [-0.15, -0.1) is 0 Å². The van der Waals surface area contributed by atoms with Crippen LogP contribution in [0.5, 0.6) is 11.5 Å². The third-order valence-electron chi connectivity index (χ3n) is 3.48. The Hall–Kier alpha value is -1.93. The lowest BCUT2D eigenvalue weighted by Gasteiger charge is -2.16. The maximum atomic E-state index is 12.5. The number of nitrogens with one attached hydrogen (secondary N) is 2. The molecule has 122 valence electrons. The number of aliphatic hydroxyl groups is 1. The smallest absolute Gasteiger partial charge is 0.387 e. The molecule has 22 heavy (non-hydrogen) atoms. The van der Waals surface area contributed by atoms with Crippen LogP contribution in [0.4, 0.5) is 8.78 Å². The molecule has 0 saturated carbocycles. The fourth-order valence-electron chi connectivity index (χ4n) is 2.31. The summed E-state index contributed by atoms with van der Waals surface area (Å²) >= 11 is 0. The lowest BCUT2D eigenvalue weighted by Crippen LogP contribution is -2.34. The summed E-state index contributed by atoms with van der Waals surface area (Å²) in [7, 11) is 1.30. The summed E-state index contributed by atoms with van der Waals surface area (Å²) in [5.41, 5.74) is -0.0416. The van der Waals surface area contributed by atoms with Gasteiger partial charge in [0.25, 0.3) is 5.91 Å². The van der Waals surface area contributed by atoms with E-state index in [1.165, 1.54) is 25.3 Å². The first-order valence-electron chi connectivity index (χ1n) is 6.81. The molecular formula is C14H18F2N2O4. The number of hydrogen-bond donors (Lipinski definition) is 3.